The molecular formula is C19H27N5O. The predicted octanol–water partition coefficient (Wildman–Crippen LogP) is 2.67. The van der Waals surface area contributed by atoms with Gasteiger partial charge in [0.25, 0.3) is 0 Å². The minimum atomic E-state index is -0.0456. The number of hydrogen-bond acceptors (Lipinski definition) is 3. The van der Waals surface area contributed by atoms with Gasteiger partial charge >= 0.3 is 6.03 Å². The van der Waals surface area contributed by atoms with Crippen molar-refractivity contribution >= 4 is 6.03 Å². The number of carbonyl (C=O) groups excluding carboxylic acids is 1. The first-order valence-corrected chi connectivity index (χ1v) is 8.85. The molecule has 6 heteroatoms. The Morgan fingerprint density at radius 3 is 2.96 bits per heavy atom. The molecule has 134 valence electrons. The van der Waals surface area contributed by atoms with Crippen LogP contribution in [0.3, 0.4) is 0 Å². The number of likely N-dealkylation sites (tertiary alicyclic amines) is 1. The topological polar surface area (TPSA) is 53.4 Å². The first-order chi connectivity index (χ1) is 12.0. The molecule has 1 aliphatic rings. The molecule has 25 heavy (non-hydrogen) atoms. The molecule has 1 saturated heterocycles. The maximum atomic E-state index is 12.6. The fourth-order valence-corrected chi connectivity index (χ4v) is 3.29. The third-order valence-electron chi connectivity index (χ3n) is 4.93. The largest absolute Gasteiger partial charge is 0.331 e. The van der Waals surface area contributed by atoms with Crippen LogP contribution in [0.15, 0.2) is 43.0 Å². The molecular weight excluding hydrogens is 314 g/mol. The lowest BCUT2D eigenvalue weighted by molar-refractivity contribution is 0.138. The quantitative estimate of drug-likeness (QED) is 0.930. The summed E-state index contributed by atoms with van der Waals surface area (Å²) in [5.41, 5.74) is 2.13. The van der Waals surface area contributed by atoms with E-state index in [1.165, 1.54) is 0 Å². The fourth-order valence-electron chi connectivity index (χ4n) is 3.29. The normalized spacial score (nSPS) is 19.0. The third-order valence-corrected chi connectivity index (χ3v) is 4.93. The van der Waals surface area contributed by atoms with Gasteiger partial charge in [0.1, 0.15) is 0 Å². The standard InChI is InChI=1S/C19H27N5O/c1-15(16-6-4-7-17(12-16)24-11-9-20-14-24)21-19(25)23-10-5-8-18(13-23)22(2)3/h4,6-7,9,11-12,14-15,18H,5,8,10,13H2,1-3H3,(H,21,25)/t15-,18+/m0/s1. The van der Waals surface area contributed by atoms with Crippen LogP contribution in [-0.2, 0) is 0 Å². The summed E-state index contributed by atoms with van der Waals surface area (Å²) < 4.78 is 1.96. The van der Waals surface area contributed by atoms with Crippen LogP contribution in [-0.4, -0.2) is 58.6 Å². The van der Waals surface area contributed by atoms with E-state index in [4.69, 9.17) is 0 Å². The van der Waals surface area contributed by atoms with Gasteiger partial charge in [0.05, 0.1) is 12.4 Å². The molecule has 3 rings (SSSR count). The molecule has 1 aliphatic heterocycles. The summed E-state index contributed by atoms with van der Waals surface area (Å²) in [7, 11) is 4.16. The SMILES string of the molecule is C[C@H](NC(=O)N1CCC[C@@H](N(C)C)C1)c1cccc(-n2ccnc2)c1. The number of aromatic nitrogens is 2. The smallest absolute Gasteiger partial charge is 0.317 e. The van der Waals surface area contributed by atoms with Gasteiger partial charge in [0.15, 0.2) is 0 Å². The van der Waals surface area contributed by atoms with Gasteiger partial charge in [0.2, 0.25) is 0 Å². The van der Waals surface area contributed by atoms with Crippen molar-refractivity contribution < 1.29 is 4.79 Å². The van der Waals surface area contributed by atoms with Crippen molar-refractivity contribution in [1.82, 2.24) is 24.7 Å². The molecule has 2 heterocycles. The molecule has 1 fully saturated rings. The van der Waals surface area contributed by atoms with Crippen LogP contribution in [0, 0.1) is 0 Å². The van der Waals surface area contributed by atoms with E-state index < -0.39 is 0 Å². The van der Waals surface area contributed by atoms with Gasteiger partial charge in [-0.25, -0.2) is 9.78 Å². The summed E-state index contributed by atoms with van der Waals surface area (Å²) in [5.74, 6) is 0. The number of amides is 2. The van der Waals surface area contributed by atoms with E-state index in [0.717, 1.165) is 37.2 Å². The monoisotopic (exact) mass is 341 g/mol. The number of nitrogens with one attached hydrogen (secondary N) is 1. The molecule has 1 aromatic heterocycles. The first kappa shape index (κ1) is 17.5. The zero-order chi connectivity index (χ0) is 17.8. The van der Waals surface area contributed by atoms with Crippen molar-refractivity contribution in [2.45, 2.75) is 31.8 Å². The second-order valence-corrected chi connectivity index (χ2v) is 6.94. The van der Waals surface area contributed by atoms with Gasteiger partial charge in [-0.05, 0) is 51.6 Å². The molecule has 0 spiro atoms. The van der Waals surface area contributed by atoms with Crippen molar-refractivity contribution in [2.75, 3.05) is 27.2 Å². The van der Waals surface area contributed by atoms with Crippen LogP contribution in [0.5, 0.6) is 0 Å². The highest BCUT2D eigenvalue weighted by atomic mass is 16.2. The van der Waals surface area contributed by atoms with Crippen LogP contribution in [0.4, 0.5) is 4.79 Å². The molecule has 2 amide bonds. The molecule has 0 bridgehead atoms. The van der Waals surface area contributed by atoms with E-state index in [0.29, 0.717) is 6.04 Å². The first-order valence-electron chi connectivity index (χ1n) is 8.85. The number of piperidine rings is 1. The van der Waals surface area contributed by atoms with Gasteiger partial charge in [-0.3, -0.25) is 0 Å². The Bertz CT molecular complexity index is 698. The second-order valence-electron chi connectivity index (χ2n) is 6.94. The molecule has 2 atom stereocenters. The molecule has 0 saturated carbocycles. The van der Waals surface area contributed by atoms with E-state index in [1.54, 1.807) is 12.5 Å². The average Bonchev–Trinajstić information content (AvgIpc) is 3.16. The number of benzene rings is 1. The summed E-state index contributed by atoms with van der Waals surface area (Å²) >= 11 is 0. The van der Waals surface area contributed by atoms with Crippen molar-refractivity contribution in [3.05, 3.63) is 48.5 Å². The Balaban J connectivity index is 1.64. The van der Waals surface area contributed by atoms with E-state index in [1.807, 2.05) is 40.8 Å². The van der Waals surface area contributed by atoms with Crippen molar-refractivity contribution in [3.63, 3.8) is 0 Å². The van der Waals surface area contributed by atoms with Gasteiger partial charge < -0.3 is 19.7 Å². The number of rotatable bonds is 4. The maximum Gasteiger partial charge on any atom is 0.317 e. The minimum absolute atomic E-state index is 0.0204. The highest BCUT2D eigenvalue weighted by Crippen LogP contribution is 2.19. The summed E-state index contributed by atoms with van der Waals surface area (Å²) in [4.78, 5) is 20.9. The van der Waals surface area contributed by atoms with Crippen LogP contribution in [0.25, 0.3) is 5.69 Å². The number of urea groups is 1. The molecule has 6 nitrogen and oxygen atoms in total. The van der Waals surface area contributed by atoms with Crippen molar-refractivity contribution in [3.8, 4) is 5.69 Å². The van der Waals surface area contributed by atoms with Crippen LogP contribution >= 0.6 is 0 Å². The zero-order valence-electron chi connectivity index (χ0n) is 15.2. The van der Waals surface area contributed by atoms with E-state index in [2.05, 4.69) is 35.4 Å². The summed E-state index contributed by atoms with van der Waals surface area (Å²) in [6.07, 6.45) is 7.66. The van der Waals surface area contributed by atoms with Gasteiger partial charge in [0, 0.05) is 37.2 Å². The Morgan fingerprint density at radius 1 is 1.40 bits per heavy atom. The van der Waals surface area contributed by atoms with Crippen molar-refractivity contribution in [2.24, 2.45) is 0 Å². The van der Waals surface area contributed by atoms with Gasteiger partial charge in [-0.2, -0.15) is 0 Å². The number of imidazole rings is 1. The van der Waals surface area contributed by atoms with Gasteiger partial charge in [-0.15, -0.1) is 0 Å². The molecule has 1 N–H and O–H groups in total. The Labute approximate surface area is 149 Å². The number of hydrogen-bond donors (Lipinski definition) is 1. The molecule has 0 unspecified atom stereocenters. The highest BCUT2D eigenvalue weighted by Gasteiger charge is 2.25. The molecule has 2 aromatic rings. The summed E-state index contributed by atoms with van der Waals surface area (Å²) in [6.45, 7) is 3.65. The van der Waals surface area contributed by atoms with Crippen molar-refractivity contribution in [1.29, 1.82) is 0 Å². The average molecular weight is 341 g/mol. The lowest BCUT2D eigenvalue weighted by Crippen LogP contribution is -2.51. The Morgan fingerprint density at radius 2 is 2.24 bits per heavy atom. The molecule has 0 radical (unpaired) electrons. The van der Waals surface area contributed by atoms with Crippen LogP contribution in [0.2, 0.25) is 0 Å². The zero-order valence-corrected chi connectivity index (χ0v) is 15.2. The predicted molar refractivity (Wildman–Crippen MR) is 98.8 cm³/mol. The van der Waals surface area contributed by atoms with E-state index in [-0.39, 0.29) is 12.1 Å². The Kier molecular flexibility index (Phi) is 5.38. The summed E-state index contributed by atoms with van der Waals surface area (Å²) in [6, 6.07) is 8.60. The molecule has 1 aromatic carbocycles. The van der Waals surface area contributed by atoms with Crippen LogP contribution < -0.4 is 5.32 Å². The van der Waals surface area contributed by atoms with E-state index >= 15 is 0 Å². The lowest BCUT2D eigenvalue weighted by atomic mass is 10.0. The highest BCUT2D eigenvalue weighted by molar-refractivity contribution is 5.75. The maximum absolute atomic E-state index is 12.6. The van der Waals surface area contributed by atoms with Gasteiger partial charge in [-0.1, -0.05) is 12.1 Å². The fraction of sp³-hybridized carbons (Fsp3) is 0.474. The minimum Gasteiger partial charge on any atom is -0.331 e. The third kappa shape index (κ3) is 4.20. The summed E-state index contributed by atoms with van der Waals surface area (Å²) in [5, 5.41) is 3.14. The van der Waals surface area contributed by atoms with E-state index in [9.17, 15) is 4.79 Å². The number of carbonyl (C=O) groups is 1. The number of nitrogens with zero attached hydrogens (tertiary/aromatic N) is 4. The number of likely N-dealkylation sites (N-methyl/N-ethyl adjacent to an activating group) is 1. The lowest BCUT2D eigenvalue weighted by Gasteiger charge is -2.36. The second kappa shape index (κ2) is 7.70. The molecule has 0 aliphatic carbocycles. The Hall–Kier alpha value is -2.34. The van der Waals surface area contributed by atoms with Crippen LogP contribution in [0.1, 0.15) is 31.4 Å².